The van der Waals surface area contributed by atoms with E-state index in [4.69, 9.17) is 18.6 Å². The Bertz CT molecular complexity index is 764. The first-order valence-electron chi connectivity index (χ1n) is 8.76. The van der Waals surface area contributed by atoms with Crippen LogP contribution in [0.2, 0.25) is 18.1 Å². The van der Waals surface area contributed by atoms with Crippen LogP contribution in [-0.4, -0.2) is 27.7 Å². The molecule has 2 aliphatic heterocycles. The smallest absolute Gasteiger partial charge is 0.306 e. The van der Waals surface area contributed by atoms with Gasteiger partial charge >= 0.3 is 5.97 Å². The van der Waals surface area contributed by atoms with Crippen LogP contribution in [0, 0.1) is 17.2 Å². The normalized spacial score (nSPS) is 21.8. The summed E-state index contributed by atoms with van der Waals surface area (Å²) in [6.07, 6.45) is 0.163. The van der Waals surface area contributed by atoms with E-state index in [9.17, 15) is 10.1 Å². The first-order valence-corrected chi connectivity index (χ1v) is 11.7. The number of nitrogens with zero attached hydrogens (tertiary/aromatic N) is 1. The molecule has 26 heavy (non-hydrogen) atoms. The number of fused-ring (bicyclic) bond motifs is 1. The number of ether oxygens (including phenoxy) is 3. The summed E-state index contributed by atoms with van der Waals surface area (Å²) in [6, 6.07) is 7.80. The zero-order valence-electron chi connectivity index (χ0n) is 15.9. The maximum absolute atomic E-state index is 11.8. The monoisotopic (exact) mass is 375 g/mol. The molecule has 0 aliphatic carbocycles. The summed E-state index contributed by atoms with van der Waals surface area (Å²) in [6.45, 7) is 10.9. The molecule has 0 N–H and O–H groups in total. The first kappa shape index (κ1) is 18.7. The topological polar surface area (TPSA) is 77.8 Å². The van der Waals surface area contributed by atoms with E-state index in [1.54, 1.807) is 12.1 Å². The Morgan fingerprint density at radius 3 is 2.46 bits per heavy atom. The van der Waals surface area contributed by atoms with Gasteiger partial charge in [0.2, 0.25) is 6.79 Å². The molecule has 1 aromatic carbocycles. The molecule has 2 heterocycles. The third kappa shape index (κ3) is 3.08. The molecule has 3 rings (SSSR count). The zero-order chi connectivity index (χ0) is 19.2. The highest BCUT2D eigenvalue weighted by atomic mass is 28.4. The van der Waals surface area contributed by atoms with Crippen molar-refractivity contribution in [3.8, 4) is 17.6 Å². The first-order chi connectivity index (χ1) is 12.1. The average Bonchev–Trinajstić information content (AvgIpc) is 3.19. The molecule has 0 amide bonds. The van der Waals surface area contributed by atoms with Crippen molar-refractivity contribution < 1.29 is 23.4 Å². The van der Waals surface area contributed by atoms with E-state index >= 15 is 0 Å². The third-order valence-corrected chi connectivity index (χ3v) is 10.1. The summed E-state index contributed by atoms with van der Waals surface area (Å²) in [4.78, 5) is 11.8. The molecule has 1 aromatic rings. The van der Waals surface area contributed by atoms with Crippen molar-refractivity contribution in [2.24, 2.45) is 5.92 Å². The van der Waals surface area contributed by atoms with Crippen LogP contribution in [-0.2, 0) is 19.6 Å². The standard InChI is InChI=1S/C19H25NO5Si/c1-18(2,3)26(4,5)25-19(11-20,14-9-17(21)22-10-14)13-6-7-15-16(8-13)24-12-23-15/h6-8,14H,9-10,12H2,1-5H3/t14-,19?/m0/s1. The van der Waals surface area contributed by atoms with Crippen LogP contribution >= 0.6 is 0 Å². The van der Waals surface area contributed by atoms with Gasteiger partial charge in [0, 0.05) is 11.5 Å². The molecule has 2 atom stereocenters. The predicted molar refractivity (Wildman–Crippen MR) is 97.2 cm³/mol. The van der Waals surface area contributed by atoms with Crippen LogP contribution in [0.1, 0.15) is 32.8 Å². The molecule has 0 saturated carbocycles. The number of nitriles is 1. The van der Waals surface area contributed by atoms with Crippen molar-refractivity contribution in [3.05, 3.63) is 23.8 Å². The van der Waals surface area contributed by atoms with Crippen molar-refractivity contribution in [2.45, 2.75) is 50.9 Å². The lowest BCUT2D eigenvalue weighted by molar-refractivity contribution is -0.137. The van der Waals surface area contributed by atoms with Crippen molar-refractivity contribution in [2.75, 3.05) is 13.4 Å². The summed E-state index contributed by atoms with van der Waals surface area (Å²) in [5.74, 6) is 0.571. The molecule has 1 unspecified atom stereocenters. The van der Waals surface area contributed by atoms with Crippen molar-refractivity contribution in [1.29, 1.82) is 5.26 Å². The van der Waals surface area contributed by atoms with E-state index in [2.05, 4.69) is 39.9 Å². The number of carbonyl (C=O) groups is 1. The molecule has 0 spiro atoms. The van der Waals surface area contributed by atoms with Gasteiger partial charge in [0.15, 0.2) is 25.4 Å². The fourth-order valence-corrected chi connectivity index (χ4v) is 4.45. The van der Waals surface area contributed by atoms with Gasteiger partial charge in [-0.25, -0.2) is 0 Å². The molecule has 1 saturated heterocycles. The van der Waals surface area contributed by atoms with Crippen LogP contribution in [0.15, 0.2) is 18.2 Å². The van der Waals surface area contributed by atoms with Gasteiger partial charge in [0.1, 0.15) is 6.07 Å². The van der Waals surface area contributed by atoms with Gasteiger partial charge in [-0.2, -0.15) is 5.26 Å². The Morgan fingerprint density at radius 2 is 1.88 bits per heavy atom. The fraction of sp³-hybridized carbons (Fsp3) is 0.579. The maximum atomic E-state index is 11.8. The highest BCUT2D eigenvalue weighted by molar-refractivity contribution is 6.74. The van der Waals surface area contributed by atoms with Gasteiger partial charge in [0.25, 0.3) is 0 Å². The van der Waals surface area contributed by atoms with Gasteiger partial charge in [-0.3, -0.25) is 4.79 Å². The fourth-order valence-electron chi connectivity index (χ4n) is 3.01. The molecule has 6 nitrogen and oxygen atoms in total. The second-order valence-electron chi connectivity index (χ2n) is 8.36. The number of carbonyl (C=O) groups excluding carboxylic acids is 1. The average molecular weight is 375 g/mol. The van der Waals surface area contributed by atoms with Crippen LogP contribution in [0.3, 0.4) is 0 Å². The molecule has 0 aromatic heterocycles. The summed E-state index contributed by atoms with van der Waals surface area (Å²) in [7, 11) is -2.32. The Balaban J connectivity index is 2.09. The Labute approximate surface area is 155 Å². The highest BCUT2D eigenvalue weighted by Crippen LogP contribution is 2.48. The number of esters is 1. The second-order valence-corrected chi connectivity index (χ2v) is 13.1. The van der Waals surface area contributed by atoms with E-state index in [1.807, 2.05) is 6.07 Å². The minimum Gasteiger partial charge on any atom is -0.465 e. The van der Waals surface area contributed by atoms with Gasteiger partial charge in [-0.05, 0) is 30.3 Å². The zero-order valence-corrected chi connectivity index (χ0v) is 16.9. The summed E-state index contributed by atoms with van der Waals surface area (Å²) in [5.41, 5.74) is -0.590. The molecule has 140 valence electrons. The number of hydrogen-bond acceptors (Lipinski definition) is 6. The molecular formula is C19H25NO5Si. The van der Waals surface area contributed by atoms with Gasteiger partial charge in [-0.15, -0.1) is 0 Å². The van der Waals surface area contributed by atoms with E-state index in [0.717, 1.165) is 0 Å². The Morgan fingerprint density at radius 1 is 1.19 bits per heavy atom. The lowest BCUT2D eigenvalue weighted by atomic mass is 9.81. The number of hydrogen-bond donors (Lipinski definition) is 0. The van der Waals surface area contributed by atoms with E-state index in [-0.39, 0.29) is 36.7 Å². The highest BCUT2D eigenvalue weighted by Gasteiger charge is 2.53. The largest absolute Gasteiger partial charge is 0.465 e. The maximum Gasteiger partial charge on any atom is 0.306 e. The van der Waals surface area contributed by atoms with Gasteiger partial charge in [0.05, 0.1) is 13.0 Å². The Hall–Kier alpha value is -2.04. The van der Waals surface area contributed by atoms with Crippen LogP contribution in [0.5, 0.6) is 11.5 Å². The van der Waals surface area contributed by atoms with Gasteiger partial charge < -0.3 is 18.6 Å². The number of rotatable bonds is 4. The van der Waals surface area contributed by atoms with E-state index in [0.29, 0.717) is 17.1 Å². The molecule has 0 radical (unpaired) electrons. The van der Waals surface area contributed by atoms with Crippen LogP contribution in [0.25, 0.3) is 0 Å². The van der Waals surface area contributed by atoms with Crippen molar-refractivity contribution >= 4 is 14.3 Å². The number of cyclic esters (lactones) is 1. The summed E-state index contributed by atoms with van der Waals surface area (Å²) >= 11 is 0. The minimum atomic E-state index is -2.32. The number of benzene rings is 1. The Kier molecular flexibility index (Phi) is 4.53. The summed E-state index contributed by atoms with van der Waals surface area (Å²) in [5, 5.41) is 10.2. The minimum absolute atomic E-state index is 0.0884. The molecular weight excluding hydrogens is 350 g/mol. The van der Waals surface area contributed by atoms with Crippen LogP contribution < -0.4 is 9.47 Å². The molecule has 2 aliphatic rings. The quantitative estimate of drug-likeness (QED) is 0.589. The molecule has 7 heteroatoms. The van der Waals surface area contributed by atoms with Crippen LogP contribution in [0.4, 0.5) is 0 Å². The molecule has 0 bridgehead atoms. The van der Waals surface area contributed by atoms with Crippen molar-refractivity contribution in [3.63, 3.8) is 0 Å². The van der Waals surface area contributed by atoms with Gasteiger partial charge in [-0.1, -0.05) is 26.8 Å². The SMILES string of the molecule is CC(C)(C)[Si](C)(C)OC(C#N)(c1ccc2c(c1)OCO2)[C@@H]1COC(=O)C1. The van der Waals surface area contributed by atoms with Crippen molar-refractivity contribution in [1.82, 2.24) is 0 Å². The molecule has 1 fully saturated rings. The van der Waals surface area contributed by atoms with E-state index in [1.165, 1.54) is 0 Å². The third-order valence-electron chi connectivity index (χ3n) is 5.62. The van der Waals surface area contributed by atoms with E-state index < -0.39 is 13.9 Å². The lowest BCUT2D eigenvalue weighted by Gasteiger charge is -2.44. The predicted octanol–water partition coefficient (Wildman–Crippen LogP) is 3.72. The summed E-state index contributed by atoms with van der Waals surface area (Å²) < 4.78 is 22.7. The lowest BCUT2D eigenvalue weighted by Crippen LogP contribution is -2.51. The second kappa shape index (κ2) is 6.29.